The van der Waals surface area contributed by atoms with Gasteiger partial charge < -0.3 is 5.11 Å². The maximum atomic E-state index is 9.92. The summed E-state index contributed by atoms with van der Waals surface area (Å²) in [6, 6.07) is 0. The smallest absolute Gasteiger partial charge is 0.0597 e. The maximum Gasteiger partial charge on any atom is 0.0597 e. The Hall–Kier alpha value is -0.370. The molecule has 0 radical (unpaired) electrons. The van der Waals surface area contributed by atoms with Gasteiger partial charge >= 0.3 is 0 Å². The van der Waals surface area contributed by atoms with E-state index in [1.54, 1.807) is 0 Å². The molecule has 1 atom stereocenters. The van der Waals surface area contributed by atoms with E-state index in [1.165, 1.54) is 0 Å². The molecule has 1 N–H and O–H groups in total. The first-order chi connectivity index (χ1) is 7.68. The zero-order chi connectivity index (χ0) is 13.5. The van der Waals surface area contributed by atoms with Crippen molar-refractivity contribution in [1.82, 2.24) is 0 Å². The van der Waals surface area contributed by atoms with Crippen LogP contribution in [0.5, 0.6) is 0 Å². The SMILES string of the molecule is CCC(C)(CC=NCCC(C)C)CC(C)(C)O. The monoisotopic (exact) mass is 241 g/mol. The van der Waals surface area contributed by atoms with Crippen LogP contribution in [0, 0.1) is 11.3 Å². The largest absolute Gasteiger partial charge is 0.390 e. The summed E-state index contributed by atoms with van der Waals surface area (Å²) in [4.78, 5) is 4.47. The topological polar surface area (TPSA) is 32.6 Å². The van der Waals surface area contributed by atoms with E-state index in [9.17, 15) is 5.11 Å². The van der Waals surface area contributed by atoms with Crippen LogP contribution in [0.4, 0.5) is 0 Å². The lowest BCUT2D eigenvalue weighted by atomic mass is 9.76. The Morgan fingerprint density at radius 2 is 1.82 bits per heavy atom. The Morgan fingerprint density at radius 1 is 1.24 bits per heavy atom. The molecule has 0 aliphatic carbocycles. The molecule has 0 aliphatic heterocycles. The average molecular weight is 241 g/mol. The number of nitrogens with zero attached hydrogens (tertiary/aromatic N) is 1. The van der Waals surface area contributed by atoms with Crippen molar-refractivity contribution in [2.75, 3.05) is 6.54 Å². The van der Waals surface area contributed by atoms with Gasteiger partial charge in [0.15, 0.2) is 0 Å². The zero-order valence-corrected chi connectivity index (χ0v) is 12.6. The molecular weight excluding hydrogens is 210 g/mol. The molecule has 0 aliphatic rings. The van der Waals surface area contributed by atoms with Crippen LogP contribution in [0.25, 0.3) is 0 Å². The summed E-state index contributed by atoms with van der Waals surface area (Å²) in [6.07, 6.45) is 6.08. The Balaban J connectivity index is 4.12. The van der Waals surface area contributed by atoms with E-state index in [0.717, 1.165) is 38.1 Å². The van der Waals surface area contributed by atoms with Gasteiger partial charge in [-0.05, 0) is 50.7 Å². The van der Waals surface area contributed by atoms with Gasteiger partial charge in [0.25, 0.3) is 0 Å². The van der Waals surface area contributed by atoms with Crippen molar-refractivity contribution >= 4 is 6.21 Å². The lowest BCUT2D eigenvalue weighted by Crippen LogP contribution is -2.30. The molecular formula is C15H31NO. The third-order valence-electron chi connectivity index (χ3n) is 3.26. The van der Waals surface area contributed by atoms with Crippen molar-refractivity contribution in [3.05, 3.63) is 0 Å². The Morgan fingerprint density at radius 3 is 2.24 bits per heavy atom. The number of aliphatic imine (C=N–C) groups is 1. The van der Waals surface area contributed by atoms with Gasteiger partial charge in [-0.1, -0.05) is 34.1 Å². The molecule has 0 aromatic rings. The van der Waals surface area contributed by atoms with Crippen LogP contribution in [0.3, 0.4) is 0 Å². The highest BCUT2D eigenvalue weighted by atomic mass is 16.3. The number of aliphatic hydroxyl groups is 1. The van der Waals surface area contributed by atoms with Gasteiger partial charge in [-0.3, -0.25) is 4.99 Å². The van der Waals surface area contributed by atoms with E-state index in [-0.39, 0.29) is 5.41 Å². The van der Waals surface area contributed by atoms with E-state index in [1.807, 2.05) is 13.8 Å². The van der Waals surface area contributed by atoms with E-state index >= 15 is 0 Å². The first-order valence-corrected chi connectivity index (χ1v) is 6.89. The minimum atomic E-state index is -0.587. The fourth-order valence-corrected chi connectivity index (χ4v) is 2.09. The predicted molar refractivity (Wildman–Crippen MR) is 76.7 cm³/mol. The second-order valence-electron chi connectivity index (χ2n) is 6.63. The van der Waals surface area contributed by atoms with Gasteiger partial charge in [0, 0.05) is 6.54 Å². The Labute approximate surface area is 108 Å². The molecule has 17 heavy (non-hydrogen) atoms. The molecule has 0 heterocycles. The molecule has 0 bridgehead atoms. The van der Waals surface area contributed by atoms with Gasteiger partial charge in [0.1, 0.15) is 0 Å². The number of rotatable bonds is 8. The molecule has 0 amide bonds. The first kappa shape index (κ1) is 16.6. The highest BCUT2D eigenvalue weighted by Crippen LogP contribution is 2.34. The molecule has 0 fully saturated rings. The number of hydrogen-bond donors (Lipinski definition) is 1. The van der Waals surface area contributed by atoms with Gasteiger partial charge in [-0.2, -0.15) is 0 Å². The molecule has 102 valence electrons. The van der Waals surface area contributed by atoms with Crippen LogP contribution in [0.15, 0.2) is 4.99 Å². The standard InChI is InChI=1S/C15H31NO/c1-7-15(6,12-14(4,5)17)9-11-16-10-8-13(2)3/h11,13,17H,7-10,12H2,1-6H3. The van der Waals surface area contributed by atoms with Crippen molar-refractivity contribution in [1.29, 1.82) is 0 Å². The summed E-state index contributed by atoms with van der Waals surface area (Å²) >= 11 is 0. The fourth-order valence-electron chi connectivity index (χ4n) is 2.09. The van der Waals surface area contributed by atoms with Crippen LogP contribution < -0.4 is 0 Å². The molecule has 2 heteroatoms. The van der Waals surface area contributed by atoms with Crippen molar-refractivity contribution in [3.63, 3.8) is 0 Å². The van der Waals surface area contributed by atoms with Crippen molar-refractivity contribution < 1.29 is 5.11 Å². The summed E-state index contributed by atoms with van der Waals surface area (Å²) in [6.45, 7) is 13.6. The van der Waals surface area contributed by atoms with Crippen LogP contribution in [0.2, 0.25) is 0 Å². The summed E-state index contributed by atoms with van der Waals surface area (Å²) in [5, 5.41) is 9.92. The van der Waals surface area contributed by atoms with Crippen molar-refractivity contribution in [2.24, 2.45) is 16.3 Å². The highest BCUT2D eigenvalue weighted by Gasteiger charge is 2.28. The second-order valence-corrected chi connectivity index (χ2v) is 6.63. The summed E-state index contributed by atoms with van der Waals surface area (Å²) in [5.74, 6) is 0.723. The first-order valence-electron chi connectivity index (χ1n) is 6.89. The van der Waals surface area contributed by atoms with Gasteiger partial charge in [0.2, 0.25) is 0 Å². The molecule has 0 spiro atoms. The molecule has 2 nitrogen and oxygen atoms in total. The molecule has 0 aromatic carbocycles. The van der Waals surface area contributed by atoms with Crippen molar-refractivity contribution in [3.8, 4) is 0 Å². The van der Waals surface area contributed by atoms with Gasteiger partial charge in [-0.15, -0.1) is 0 Å². The third-order valence-corrected chi connectivity index (χ3v) is 3.26. The second kappa shape index (κ2) is 7.15. The summed E-state index contributed by atoms with van der Waals surface area (Å²) in [5.41, 5.74) is -0.421. The average Bonchev–Trinajstić information content (AvgIpc) is 2.14. The quantitative estimate of drug-likeness (QED) is 0.638. The lowest BCUT2D eigenvalue weighted by molar-refractivity contribution is 0.0274. The molecule has 1 unspecified atom stereocenters. The van der Waals surface area contributed by atoms with Crippen LogP contribution in [0.1, 0.15) is 67.2 Å². The normalized spacial score (nSPS) is 16.7. The van der Waals surface area contributed by atoms with E-state index in [0.29, 0.717) is 0 Å². The highest BCUT2D eigenvalue weighted by molar-refractivity contribution is 5.58. The van der Waals surface area contributed by atoms with Gasteiger partial charge in [0.05, 0.1) is 5.60 Å². The van der Waals surface area contributed by atoms with E-state index < -0.39 is 5.60 Å². The molecule has 0 rings (SSSR count). The molecule has 0 aromatic heterocycles. The van der Waals surface area contributed by atoms with E-state index in [4.69, 9.17) is 0 Å². The van der Waals surface area contributed by atoms with Crippen LogP contribution >= 0.6 is 0 Å². The zero-order valence-electron chi connectivity index (χ0n) is 12.6. The van der Waals surface area contributed by atoms with Crippen LogP contribution in [-0.4, -0.2) is 23.5 Å². The Kier molecular flexibility index (Phi) is 6.99. The third kappa shape index (κ3) is 9.34. The summed E-state index contributed by atoms with van der Waals surface area (Å²) in [7, 11) is 0. The van der Waals surface area contributed by atoms with Crippen LogP contribution in [-0.2, 0) is 0 Å². The molecule has 0 saturated carbocycles. The number of hydrogen-bond acceptors (Lipinski definition) is 2. The lowest BCUT2D eigenvalue weighted by Gasteiger charge is -2.33. The minimum absolute atomic E-state index is 0.166. The Bertz CT molecular complexity index is 228. The summed E-state index contributed by atoms with van der Waals surface area (Å²) < 4.78 is 0. The van der Waals surface area contributed by atoms with Gasteiger partial charge in [-0.25, -0.2) is 0 Å². The molecule has 0 saturated heterocycles. The van der Waals surface area contributed by atoms with E-state index in [2.05, 4.69) is 38.9 Å². The maximum absolute atomic E-state index is 9.92. The predicted octanol–water partition coefficient (Wildman–Crippen LogP) is 4.07. The van der Waals surface area contributed by atoms with Crippen molar-refractivity contribution in [2.45, 2.75) is 72.8 Å². The minimum Gasteiger partial charge on any atom is -0.390 e. The fraction of sp³-hybridized carbons (Fsp3) is 0.933.